The van der Waals surface area contributed by atoms with Crippen LogP contribution >= 0.6 is 0 Å². The van der Waals surface area contributed by atoms with Crippen LogP contribution in [0.25, 0.3) is 0 Å². The molecule has 2 bridgehead atoms. The lowest BCUT2D eigenvalue weighted by Crippen LogP contribution is -2.70. The second-order valence-corrected chi connectivity index (χ2v) is 6.27. The number of fused-ring (bicyclic) bond motifs is 2. The van der Waals surface area contributed by atoms with Crippen molar-refractivity contribution in [2.75, 3.05) is 6.54 Å². The highest BCUT2D eigenvalue weighted by molar-refractivity contribution is 5.84. The van der Waals surface area contributed by atoms with Crippen molar-refractivity contribution in [1.29, 1.82) is 0 Å². The fraction of sp³-hybridized carbons (Fsp3) is 0.316. The third kappa shape index (κ3) is 2.42. The zero-order chi connectivity index (χ0) is 14.9. The smallest absolute Gasteiger partial charge is 0.240 e. The van der Waals surface area contributed by atoms with Gasteiger partial charge in [-0.2, -0.15) is 0 Å². The first-order valence-corrected chi connectivity index (χ1v) is 7.93. The molecule has 0 aromatic heterocycles. The van der Waals surface area contributed by atoms with Gasteiger partial charge in [0, 0.05) is 25.7 Å². The first-order chi connectivity index (χ1) is 10.8. The molecule has 4 rings (SSSR count). The van der Waals surface area contributed by atoms with E-state index >= 15 is 0 Å². The van der Waals surface area contributed by atoms with Gasteiger partial charge in [-0.1, -0.05) is 60.7 Å². The largest absolute Gasteiger partial charge is 0.335 e. The predicted octanol–water partition coefficient (Wildman–Crippen LogP) is 2.67. The van der Waals surface area contributed by atoms with Crippen LogP contribution in [0.15, 0.2) is 60.7 Å². The number of hydrogen-bond donors (Lipinski definition) is 0. The lowest BCUT2D eigenvalue weighted by atomic mass is 9.86. The summed E-state index contributed by atoms with van der Waals surface area (Å²) < 4.78 is 0. The van der Waals surface area contributed by atoms with Crippen LogP contribution in [0, 0.1) is 0 Å². The monoisotopic (exact) mass is 292 g/mol. The Bertz CT molecular complexity index is 656. The summed E-state index contributed by atoms with van der Waals surface area (Å²) in [6.07, 6.45) is 1.02. The Morgan fingerprint density at radius 1 is 0.864 bits per heavy atom. The van der Waals surface area contributed by atoms with E-state index in [-0.39, 0.29) is 6.04 Å². The van der Waals surface area contributed by atoms with Gasteiger partial charge in [0.25, 0.3) is 0 Å². The van der Waals surface area contributed by atoms with Gasteiger partial charge in [-0.3, -0.25) is 9.69 Å². The van der Waals surface area contributed by atoms with Gasteiger partial charge in [-0.05, 0) is 17.5 Å². The molecule has 0 radical (unpaired) electrons. The van der Waals surface area contributed by atoms with Crippen LogP contribution in [0.2, 0.25) is 0 Å². The molecule has 2 aromatic carbocycles. The third-order valence-corrected chi connectivity index (χ3v) is 4.82. The summed E-state index contributed by atoms with van der Waals surface area (Å²) in [7, 11) is 0. The fourth-order valence-corrected chi connectivity index (χ4v) is 3.60. The molecule has 112 valence electrons. The second kappa shape index (κ2) is 5.58. The number of carbonyl (C=O) groups excluding carboxylic acids is 1. The van der Waals surface area contributed by atoms with E-state index in [9.17, 15) is 4.79 Å². The Hall–Kier alpha value is -2.13. The molecular formula is C19H20N2O. The SMILES string of the molecule is O=C1C2CC(CN1Cc1ccccc1)N2Cc1ccccc1. The van der Waals surface area contributed by atoms with Gasteiger partial charge in [-0.15, -0.1) is 0 Å². The van der Waals surface area contributed by atoms with Gasteiger partial charge in [0.2, 0.25) is 5.91 Å². The minimum atomic E-state index is 0.0858. The number of piperazine rings is 1. The lowest BCUT2D eigenvalue weighted by molar-refractivity contribution is -0.161. The van der Waals surface area contributed by atoms with Crippen molar-refractivity contribution in [3.8, 4) is 0 Å². The molecule has 2 heterocycles. The minimum Gasteiger partial charge on any atom is -0.335 e. The van der Waals surface area contributed by atoms with E-state index in [2.05, 4.69) is 41.3 Å². The molecule has 2 aliphatic rings. The number of carbonyl (C=O) groups is 1. The average Bonchev–Trinajstić information content (AvgIpc) is 2.56. The summed E-state index contributed by atoms with van der Waals surface area (Å²) in [4.78, 5) is 17.0. The number of amides is 1. The van der Waals surface area contributed by atoms with Crippen molar-refractivity contribution in [2.45, 2.75) is 31.6 Å². The molecule has 2 saturated heterocycles. The maximum atomic E-state index is 12.7. The van der Waals surface area contributed by atoms with Crippen LogP contribution in [0.3, 0.4) is 0 Å². The van der Waals surface area contributed by atoms with Crippen molar-refractivity contribution in [3.63, 3.8) is 0 Å². The normalized spacial score (nSPS) is 24.2. The van der Waals surface area contributed by atoms with Crippen molar-refractivity contribution in [3.05, 3.63) is 71.8 Å². The lowest BCUT2D eigenvalue weighted by Gasteiger charge is -2.55. The van der Waals surface area contributed by atoms with Crippen molar-refractivity contribution < 1.29 is 4.79 Å². The summed E-state index contributed by atoms with van der Waals surface area (Å²) >= 11 is 0. The van der Waals surface area contributed by atoms with Gasteiger partial charge < -0.3 is 4.90 Å². The van der Waals surface area contributed by atoms with E-state index in [0.29, 0.717) is 11.9 Å². The van der Waals surface area contributed by atoms with E-state index < -0.39 is 0 Å². The molecule has 2 unspecified atom stereocenters. The Labute approximate surface area is 131 Å². The van der Waals surface area contributed by atoms with Crippen LogP contribution in [-0.4, -0.2) is 34.3 Å². The van der Waals surface area contributed by atoms with Crippen LogP contribution in [0.5, 0.6) is 0 Å². The number of piperidine rings is 1. The molecule has 0 aliphatic carbocycles. The second-order valence-electron chi connectivity index (χ2n) is 6.27. The quantitative estimate of drug-likeness (QED) is 0.865. The predicted molar refractivity (Wildman–Crippen MR) is 86.0 cm³/mol. The Morgan fingerprint density at radius 2 is 1.45 bits per heavy atom. The van der Waals surface area contributed by atoms with E-state index in [1.807, 2.05) is 29.2 Å². The Balaban J connectivity index is 1.43. The van der Waals surface area contributed by atoms with E-state index in [0.717, 1.165) is 26.1 Å². The van der Waals surface area contributed by atoms with Crippen LogP contribution in [-0.2, 0) is 17.9 Å². The minimum absolute atomic E-state index is 0.0858. The van der Waals surface area contributed by atoms with Crippen LogP contribution < -0.4 is 0 Å². The van der Waals surface area contributed by atoms with Crippen molar-refractivity contribution >= 4 is 5.91 Å². The highest BCUT2D eigenvalue weighted by atomic mass is 16.2. The van der Waals surface area contributed by atoms with Gasteiger partial charge in [0.1, 0.15) is 0 Å². The van der Waals surface area contributed by atoms with Crippen LogP contribution in [0.1, 0.15) is 17.5 Å². The molecule has 1 amide bonds. The highest BCUT2D eigenvalue weighted by Crippen LogP contribution is 2.35. The molecule has 2 fully saturated rings. The molecule has 0 spiro atoms. The van der Waals surface area contributed by atoms with E-state index in [1.165, 1.54) is 11.1 Å². The average molecular weight is 292 g/mol. The summed E-state index contributed by atoms with van der Waals surface area (Å²) in [5.41, 5.74) is 2.51. The van der Waals surface area contributed by atoms with E-state index in [4.69, 9.17) is 0 Å². The number of likely N-dealkylation sites (tertiary alicyclic amines) is 2. The molecule has 2 aromatic rings. The van der Waals surface area contributed by atoms with Gasteiger partial charge in [0.05, 0.1) is 6.04 Å². The van der Waals surface area contributed by atoms with E-state index in [1.54, 1.807) is 0 Å². The number of hydrogen-bond acceptors (Lipinski definition) is 2. The molecule has 2 atom stereocenters. The maximum absolute atomic E-state index is 12.7. The molecule has 3 heteroatoms. The third-order valence-electron chi connectivity index (χ3n) is 4.82. The first kappa shape index (κ1) is 13.5. The maximum Gasteiger partial charge on any atom is 0.240 e. The highest BCUT2D eigenvalue weighted by Gasteiger charge is 2.49. The summed E-state index contributed by atoms with van der Waals surface area (Å²) in [5.74, 6) is 0.294. The number of nitrogens with zero attached hydrogens (tertiary/aromatic N) is 2. The van der Waals surface area contributed by atoms with Crippen molar-refractivity contribution in [1.82, 2.24) is 9.80 Å². The van der Waals surface area contributed by atoms with Gasteiger partial charge in [0.15, 0.2) is 0 Å². The molecule has 22 heavy (non-hydrogen) atoms. The zero-order valence-corrected chi connectivity index (χ0v) is 12.6. The molecular weight excluding hydrogens is 272 g/mol. The first-order valence-electron chi connectivity index (χ1n) is 7.93. The standard InChI is InChI=1S/C19H20N2O/c22-19-18-11-17(21(18)13-16-9-5-2-6-10-16)14-20(19)12-15-7-3-1-4-8-15/h1-10,17-18H,11-14H2. The van der Waals surface area contributed by atoms with Crippen LogP contribution in [0.4, 0.5) is 0 Å². The van der Waals surface area contributed by atoms with Gasteiger partial charge in [-0.25, -0.2) is 0 Å². The summed E-state index contributed by atoms with van der Waals surface area (Å²) in [6, 6.07) is 21.3. The number of rotatable bonds is 4. The van der Waals surface area contributed by atoms with Crippen molar-refractivity contribution in [2.24, 2.45) is 0 Å². The topological polar surface area (TPSA) is 23.6 Å². The zero-order valence-electron chi connectivity index (χ0n) is 12.6. The number of benzene rings is 2. The van der Waals surface area contributed by atoms with Gasteiger partial charge >= 0.3 is 0 Å². The molecule has 2 aliphatic heterocycles. The summed E-state index contributed by atoms with van der Waals surface area (Å²) in [5, 5.41) is 0. The Morgan fingerprint density at radius 3 is 2.05 bits per heavy atom. The Kier molecular flexibility index (Phi) is 3.43. The fourth-order valence-electron chi connectivity index (χ4n) is 3.60. The molecule has 0 N–H and O–H groups in total. The molecule has 0 saturated carbocycles. The molecule has 3 nitrogen and oxygen atoms in total. The summed E-state index contributed by atoms with van der Waals surface area (Å²) in [6.45, 7) is 2.49.